The fourth-order valence-electron chi connectivity index (χ4n) is 7.38. The van der Waals surface area contributed by atoms with E-state index in [1.807, 2.05) is 0 Å². The van der Waals surface area contributed by atoms with Gasteiger partial charge in [0.15, 0.2) is 5.41 Å². The lowest BCUT2D eigenvalue weighted by Gasteiger charge is -2.24. The third-order valence-corrected chi connectivity index (χ3v) is 10.7. The minimum absolute atomic E-state index is 0.326. The molecule has 0 aliphatic heterocycles. The molecule has 0 aromatic heterocycles. The van der Waals surface area contributed by atoms with E-state index in [2.05, 4.69) is 13.8 Å². The summed E-state index contributed by atoms with van der Waals surface area (Å²) in [6.07, 6.45) is 45.4. The van der Waals surface area contributed by atoms with Gasteiger partial charge in [0.05, 0.1) is 13.2 Å². The molecule has 0 heterocycles. The quantitative estimate of drug-likeness (QED) is 0.0380. The largest absolute Gasteiger partial charge is 0.465 e. The highest BCUT2D eigenvalue weighted by atomic mass is 16.6. The maximum atomic E-state index is 13.0. The normalized spacial score (nSPS) is 14.1. The van der Waals surface area contributed by atoms with Crippen molar-refractivity contribution in [2.45, 2.75) is 245 Å². The number of carbonyl (C=O) groups is 2. The molecule has 0 atom stereocenters. The Morgan fingerprint density at radius 1 is 0.362 bits per heavy atom. The monoisotopic (exact) mass is 663 g/mol. The highest BCUT2D eigenvalue weighted by Gasteiger charge is 2.50. The molecule has 1 rings (SSSR count). The Balaban J connectivity index is 1.96. The molecular formula is C43H82O4. The second kappa shape index (κ2) is 33.4. The molecule has 0 aromatic carbocycles. The van der Waals surface area contributed by atoms with Crippen LogP contribution in [0.15, 0.2) is 0 Å². The number of esters is 2. The van der Waals surface area contributed by atoms with Gasteiger partial charge >= 0.3 is 11.9 Å². The highest BCUT2D eigenvalue weighted by Crippen LogP contribution is 2.40. The van der Waals surface area contributed by atoms with Crippen LogP contribution in [-0.4, -0.2) is 25.2 Å². The Kier molecular flexibility index (Phi) is 31.3. The summed E-state index contributed by atoms with van der Waals surface area (Å²) in [5.74, 6) is -0.652. The van der Waals surface area contributed by atoms with Crippen molar-refractivity contribution in [1.82, 2.24) is 0 Å². The van der Waals surface area contributed by atoms with Crippen molar-refractivity contribution in [1.29, 1.82) is 0 Å². The van der Waals surface area contributed by atoms with Crippen molar-refractivity contribution in [3.63, 3.8) is 0 Å². The van der Waals surface area contributed by atoms with Crippen LogP contribution >= 0.6 is 0 Å². The van der Waals surface area contributed by atoms with E-state index in [0.29, 0.717) is 26.1 Å². The van der Waals surface area contributed by atoms with E-state index in [9.17, 15) is 9.59 Å². The second-order valence-corrected chi connectivity index (χ2v) is 15.2. The van der Waals surface area contributed by atoms with Crippen LogP contribution in [0.2, 0.25) is 0 Å². The van der Waals surface area contributed by atoms with Gasteiger partial charge in [-0.1, -0.05) is 219 Å². The van der Waals surface area contributed by atoms with Crippen molar-refractivity contribution in [2.75, 3.05) is 13.2 Å². The minimum atomic E-state index is -1.04. The molecule has 1 saturated carbocycles. The Bertz CT molecular complexity index is 631. The molecule has 0 N–H and O–H groups in total. The molecule has 4 heteroatoms. The molecule has 0 amide bonds. The summed E-state index contributed by atoms with van der Waals surface area (Å²) < 4.78 is 11.3. The predicted octanol–water partition coefficient (Wildman–Crippen LogP) is 14.2. The smallest absolute Gasteiger partial charge is 0.323 e. The number of hydrogen-bond acceptors (Lipinski definition) is 4. The van der Waals surface area contributed by atoms with Gasteiger partial charge in [0.2, 0.25) is 0 Å². The van der Waals surface area contributed by atoms with Gasteiger partial charge in [-0.25, -0.2) is 0 Å². The predicted molar refractivity (Wildman–Crippen MR) is 202 cm³/mol. The van der Waals surface area contributed by atoms with Gasteiger partial charge < -0.3 is 9.47 Å². The maximum Gasteiger partial charge on any atom is 0.323 e. The van der Waals surface area contributed by atoms with Crippen molar-refractivity contribution in [3.05, 3.63) is 0 Å². The van der Waals surface area contributed by atoms with E-state index in [1.54, 1.807) is 0 Å². The Morgan fingerprint density at radius 3 is 0.809 bits per heavy atom. The summed E-state index contributed by atoms with van der Waals surface area (Å²) in [5.41, 5.74) is -1.04. The number of carbonyl (C=O) groups excluding carboxylic acids is 2. The third kappa shape index (κ3) is 24.7. The molecule has 1 aliphatic rings. The topological polar surface area (TPSA) is 52.6 Å². The van der Waals surface area contributed by atoms with E-state index >= 15 is 0 Å². The molecule has 0 radical (unpaired) electrons. The average Bonchev–Trinajstić information content (AvgIpc) is 3.59. The van der Waals surface area contributed by atoms with E-state index in [-0.39, 0.29) is 11.9 Å². The van der Waals surface area contributed by atoms with E-state index in [4.69, 9.17) is 9.47 Å². The minimum Gasteiger partial charge on any atom is -0.465 e. The number of unbranched alkanes of at least 4 members (excludes halogenated alkanes) is 30. The summed E-state index contributed by atoms with van der Waals surface area (Å²) in [7, 11) is 0. The van der Waals surface area contributed by atoms with Crippen LogP contribution < -0.4 is 0 Å². The lowest BCUT2D eigenvalue weighted by atomic mass is 9.86. The molecule has 0 spiro atoms. The molecule has 0 aromatic rings. The van der Waals surface area contributed by atoms with Crippen molar-refractivity contribution >= 4 is 11.9 Å². The first-order valence-corrected chi connectivity index (χ1v) is 21.5. The molecule has 1 fully saturated rings. The van der Waals surface area contributed by atoms with E-state index in [0.717, 1.165) is 38.5 Å². The van der Waals surface area contributed by atoms with Crippen LogP contribution in [0.4, 0.5) is 0 Å². The van der Waals surface area contributed by atoms with Crippen LogP contribution in [0.25, 0.3) is 0 Å². The first-order valence-electron chi connectivity index (χ1n) is 21.5. The average molecular weight is 663 g/mol. The number of hydrogen-bond donors (Lipinski definition) is 0. The molecule has 4 nitrogen and oxygen atoms in total. The van der Waals surface area contributed by atoms with Gasteiger partial charge in [-0.3, -0.25) is 9.59 Å². The SMILES string of the molecule is CCCCCCCCCCCCCCCCCCOC(=O)C1(C(=O)OCCCCCCCCCCCCCCCCCC)CCCC1. The highest BCUT2D eigenvalue weighted by molar-refractivity contribution is 6.00. The zero-order valence-corrected chi connectivity index (χ0v) is 32.0. The van der Waals surface area contributed by atoms with E-state index in [1.165, 1.54) is 180 Å². The third-order valence-electron chi connectivity index (χ3n) is 10.7. The summed E-state index contributed by atoms with van der Waals surface area (Å²) >= 11 is 0. The first-order chi connectivity index (χ1) is 23.2. The maximum absolute atomic E-state index is 13.0. The van der Waals surface area contributed by atoms with Crippen LogP contribution in [-0.2, 0) is 19.1 Å². The Morgan fingerprint density at radius 2 is 0.574 bits per heavy atom. The van der Waals surface area contributed by atoms with Gasteiger partial charge in [0, 0.05) is 0 Å². The first kappa shape index (κ1) is 44.0. The summed E-state index contributed by atoms with van der Waals surface area (Å²) in [5, 5.41) is 0. The molecule has 0 saturated heterocycles. The van der Waals surface area contributed by atoms with Gasteiger partial charge in [0.25, 0.3) is 0 Å². The van der Waals surface area contributed by atoms with Crippen molar-refractivity contribution < 1.29 is 19.1 Å². The molecule has 0 bridgehead atoms. The zero-order chi connectivity index (χ0) is 33.9. The molecule has 0 unspecified atom stereocenters. The van der Waals surface area contributed by atoms with Gasteiger partial charge in [-0.15, -0.1) is 0 Å². The lowest BCUT2D eigenvalue weighted by Crippen LogP contribution is -2.40. The number of ether oxygens (including phenoxy) is 2. The summed E-state index contributed by atoms with van der Waals surface area (Å²) in [6.45, 7) is 5.44. The summed E-state index contributed by atoms with van der Waals surface area (Å²) in [4.78, 5) is 26.1. The van der Waals surface area contributed by atoms with Crippen molar-refractivity contribution in [3.8, 4) is 0 Å². The van der Waals surface area contributed by atoms with Crippen LogP contribution in [0.1, 0.15) is 245 Å². The van der Waals surface area contributed by atoms with Crippen LogP contribution in [0.3, 0.4) is 0 Å². The molecular weight excluding hydrogens is 580 g/mol. The Labute approximate surface area is 294 Å². The fourth-order valence-corrected chi connectivity index (χ4v) is 7.38. The standard InChI is InChI=1S/C43H82O4/c1-3-5-7-9-11-13-15-17-19-21-23-25-27-29-31-35-39-46-41(44)43(37-33-34-38-43)42(45)47-40-36-32-30-28-26-24-22-20-18-16-14-12-10-8-6-4-2/h3-40H2,1-2H3. The molecule has 47 heavy (non-hydrogen) atoms. The van der Waals surface area contributed by atoms with E-state index < -0.39 is 5.41 Å². The van der Waals surface area contributed by atoms with Gasteiger partial charge in [-0.2, -0.15) is 0 Å². The van der Waals surface area contributed by atoms with Gasteiger partial charge in [-0.05, 0) is 25.7 Å². The number of rotatable bonds is 36. The fraction of sp³-hybridized carbons (Fsp3) is 0.953. The summed E-state index contributed by atoms with van der Waals surface area (Å²) in [6, 6.07) is 0. The second-order valence-electron chi connectivity index (χ2n) is 15.2. The lowest BCUT2D eigenvalue weighted by molar-refractivity contribution is -0.172. The van der Waals surface area contributed by atoms with Crippen LogP contribution in [0.5, 0.6) is 0 Å². The molecule has 278 valence electrons. The zero-order valence-electron chi connectivity index (χ0n) is 32.0. The van der Waals surface area contributed by atoms with Crippen LogP contribution in [0, 0.1) is 5.41 Å². The van der Waals surface area contributed by atoms with Gasteiger partial charge in [0.1, 0.15) is 0 Å². The molecule has 1 aliphatic carbocycles. The Hall–Kier alpha value is -1.06. The van der Waals surface area contributed by atoms with Crippen molar-refractivity contribution in [2.24, 2.45) is 5.41 Å².